The summed E-state index contributed by atoms with van der Waals surface area (Å²) < 4.78 is 0. The number of hydrogen-bond donors (Lipinski definition) is 0. The molecule has 0 heterocycles. The summed E-state index contributed by atoms with van der Waals surface area (Å²) >= 11 is 0. The Morgan fingerprint density at radius 2 is 1.85 bits per heavy atom. The van der Waals surface area contributed by atoms with Gasteiger partial charge in [0.2, 0.25) is 0 Å². The summed E-state index contributed by atoms with van der Waals surface area (Å²) in [6.45, 7) is 2.24. The molecular weight excluding hydrogens is 160 g/mol. The van der Waals surface area contributed by atoms with Crippen LogP contribution in [0.2, 0.25) is 0 Å². The van der Waals surface area contributed by atoms with E-state index >= 15 is 0 Å². The molecule has 0 aliphatic heterocycles. The average molecular weight is 182 g/mol. The number of hydrogen-bond acceptors (Lipinski definition) is 1. The van der Waals surface area contributed by atoms with Crippen molar-refractivity contribution in [2.24, 2.45) is 5.92 Å². The molecule has 0 aromatic heterocycles. The molecule has 0 aromatic carbocycles. The highest BCUT2D eigenvalue weighted by Crippen LogP contribution is 2.27. The predicted octanol–water partition coefficient (Wildman–Crippen LogP) is 3.72. The van der Waals surface area contributed by atoms with Crippen LogP contribution in [0, 0.1) is 5.92 Å². The minimum Gasteiger partial charge on any atom is -0.299 e. The SMILES string of the molecule is CCCCCCCC[C@H]1CCC1=O. The van der Waals surface area contributed by atoms with E-state index in [9.17, 15) is 4.79 Å². The molecular formula is C12H22O. The number of carbonyl (C=O) groups excluding carboxylic acids is 1. The van der Waals surface area contributed by atoms with Crippen LogP contribution >= 0.6 is 0 Å². The lowest BCUT2D eigenvalue weighted by molar-refractivity contribution is -0.129. The second-order valence-corrected chi connectivity index (χ2v) is 4.26. The van der Waals surface area contributed by atoms with E-state index in [0.29, 0.717) is 11.7 Å². The van der Waals surface area contributed by atoms with Gasteiger partial charge in [-0.3, -0.25) is 4.79 Å². The van der Waals surface area contributed by atoms with E-state index in [0.717, 1.165) is 6.42 Å². The van der Waals surface area contributed by atoms with Gasteiger partial charge in [-0.05, 0) is 12.8 Å². The average Bonchev–Trinajstić information content (AvgIpc) is 2.14. The van der Waals surface area contributed by atoms with Gasteiger partial charge < -0.3 is 0 Å². The summed E-state index contributed by atoms with van der Waals surface area (Å²) in [5, 5.41) is 0. The first kappa shape index (κ1) is 10.7. The Kier molecular flexibility index (Phi) is 5.10. The van der Waals surface area contributed by atoms with E-state index in [4.69, 9.17) is 0 Å². The number of Topliss-reactive ketones (excluding diaryl/α,β-unsaturated/α-hetero) is 1. The second-order valence-electron chi connectivity index (χ2n) is 4.26. The third-order valence-electron chi connectivity index (χ3n) is 3.10. The second kappa shape index (κ2) is 6.17. The number of ketones is 1. The number of rotatable bonds is 7. The summed E-state index contributed by atoms with van der Waals surface area (Å²) in [5.74, 6) is 0.986. The minimum atomic E-state index is 0.464. The van der Waals surface area contributed by atoms with Crippen LogP contribution in [-0.2, 0) is 4.79 Å². The Morgan fingerprint density at radius 3 is 2.38 bits per heavy atom. The topological polar surface area (TPSA) is 17.1 Å². The third-order valence-corrected chi connectivity index (χ3v) is 3.10. The summed E-state index contributed by atoms with van der Waals surface area (Å²) in [6, 6.07) is 0. The Labute approximate surface area is 81.9 Å². The zero-order chi connectivity index (χ0) is 9.52. The summed E-state index contributed by atoms with van der Waals surface area (Å²) in [5.41, 5.74) is 0. The van der Waals surface area contributed by atoms with Crippen LogP contribution < -0.4 is 0 Å². The van der Waals surface area contributed by atoms with Crippen molar-refractivity contribution < 1.29 is 4.79 Å². The van der Waals surface area contributed by atoms with Crippen molar-refractivity contribution in [2.45, 2.75) is 64.7 Å². The van der Waals surface area contributed by atoms with Crippen molar-refractivity contribution in [3.8, 4) is 0 Å². The van der Waals surface area contributed by atoms with Crippen LogP contribution in [0.4, 0.5) is 0 Å². The van der Waals surface area contributed by atoms with E-state index in [2.05, 4.69) is 6.92 Å². The van der Waals surface area contributed by atoms with Gasteiger partial charge in [0.15, 0.2) is 0 Å². The molecule has 13 heavy (non-hydrogen) atoms. The van der Waals surface area contributed by atoms with Crippen molar-refractivity contribution in [2.75, 3.05) is 0 Å². The molecule has 76 valence electrons. The van der Waals surface area contributed by atoms with Gasteiger partial charge >= 0.3 is 0 Å². The van der Waals surface area contributed by atoms with Crippen LogP contribution in [-0.4, -0.2) is 5.78 Å². The third kappa shape index (κ3) is 3.93. The van der Waals surface area contributed by atoms with Crippen LogP contribution in [0.5, 0.6) is 0 Å². The molecule has 1 rings (SSSR count). The fraction of sp³-hybridized carbons (Fsp3) is 0.917. The molecule has 1 nitrogen and oxygen atoms in total. The maximum atomic E-state index is 11.0. The van der Waals surface area contributed by atoms with E-state index in [1.807, 2.05) is 0 Å². The van der Waals surface area contributed by atoms with Crippen molar-refractivity contribution in [3.05, 3.63) is 0 Å². The fourth-order valence-corrected chi connectivity index (χ4v) is 1.94. The molecule has 1 fully saturated rings. The largest absolute Gasteiger partial charge is 0.299 e. The highest BCUT2D eigenvalue weighted by molar-refractivity contribution is 5.86. The maximum absolute atomic E-state index is 11.0. The van der Waals surface area contributed by atoms with Gasteiger partial charge in [-0.2, -0.15) is 0 Å². The molecule has 0 radical (unpaired) electrons. The standard InChI is InChI=1S/C12H22O/c1-2-3-4-5-6-7-8-11-9-10-12(11)13/h11H,2-10H2,1H3/t11-/m0/s1. The smallest absolute Gasteiger partial charge is 0.136 e. The van der Waals surface area contributed by atoms with Crippen LogP contribution in [0.25, 0.3) is 0 Å². The van der Waals surface area contributed by atoms with Crippen molar-refractivity contribution in [1.82, 2.24) is 0 Å². The van der Waals surface area contributed by atoms with Crippen LogP contribution in [0.15, 0.2) is 0 Å². The molecule has 0 unspecified atom stereocenters. The summed E-state index contributed by atoms with van der Waals surface area (Å²) in [6.07, 6.45) is 11.3. The van der Waals surface area contributed by atoms with Gasteiger partial charge in [-0.1, -0.05) is 45.4 Å². The quantitative estimate of drug-likeness (QED) is 0.548. The van der Waals surface area contributed by atoms with Gasteiger partial charge in [0, 0.05) is 12.3 Å². The van der Waals surface area contributed by atoms with E-state index in [1.54, 1.807) is 0 Å². The molecule has 1 heteroatoms. The van der Waals surface area contributed by atoms with Crippen LogP contribution in [0.1, 0.15) is 64.7 Å². The number of unbranched alkanes of at least 4 members (excludes halogenated alkanes) is 5. The van der Waals surface area contributed by atoms with Gasteiger partial charge in [0.05, 0.1) is 0 Å². The molecule has 0 spiro atoms. The number of carbonyl (C=O) groups is 1. The van der Waals surface area contributed by atoms with E-state index < -0.39 is 0 Å². The summed E-state index contributed by atoms with van der Waals surface area (Å²) in [4.78, 5) is 11.0. The zero-order valence-corrected chi connectivity index (χ0v) is 8.85. The van der Waals surface area contributed by atoms with Crippen LogP contribution in [0.3, 0.4) is 0 Å². The lowest BCUT2D eigenvalue weighted by Gasteiger charge is -2.23. The van der Waals surface area contributed by atoms with Gasteiger partial charge in [-0.15, -0.1) is 0 Å². The van der Waals surface area contributed by atoms with Crippen molar-refractivity contribution in [1.29, 1.82) is 0 Å². The lowest BCUT2D eigenvalue weighted by Crippen LogP contribution is -2.25. The van der Waals surface area contributed by atoms with E-state index in [1.165, 1.54) is 51.4 Å². The first-order valence-electron chi connectivity index (χ1n) is 5.87. The lowest BCUT2D eigenvalue weighted by atomic mass is 9.80. The molecule has 1 aliphatic carbocycles. The highest BCUT2D eigenvalue weighted by Gasteiger charge is 2.26. The Morgan fingerprint density at radius 1 is 1.15 bits per heavy atom. The molecule has 0 aromatic rings. The Balaban J connectivity index is 1.81. The molecule has 0 amide bonds. The predicted molar refractivity (Wildman–Crippen MR) is 55.7 cm³/mol. The molecule has 1 saturated carbocycles. The van der Waals surface area contributed by atoms with E-state index in [-0.39, 0.29) is 0 Å². The summed E-state index contributed by atoms with van der Waals surface area (Å²) in [7, 11) is 0. The molecule has 0 N–H and O–H groups in total. The molecule has 0 saturated heterocycles. The Bertz CT molecular complexity index is 151. The first-order chi connectivity index (χ1) is 6.34. The molecule has 0 bridgehead atoms. The van der Waals surface area contributed by atoms with Gasteiger partial charge in [0.25, 0.3) is 0 Å². The fourth-order valence-electron chi connectivity index (χ4n) is 1.94. The van der Waals surface area contributed by atoms with Gasteiger partial charge in [0.1, 0.15) is 5.78 Å². The molecule has 1 atom stereocenters. The van der Waals surface area contributed by atoms with Gasteiger partial charge in [-0.25, -0.2) is 0 Å². The normalized spacial score (nSPS) is 21.6. The minimum absolute atomic E-state index is 0.464. The van der Waals surface area contributed by atoms with Crippen molar-refractivity contribution >= 4 is 5.78 Å². The molecule has 1 aliphatic rings. The Hall–Kier alpha value is -0.330. The first-order valence-corrected chi connectivity index (χ1v) is 5.87. The highest BCUT2D eigenvalue weighted by atomic mass is 16.1. The van der Waals surface area contributed by atoms with Crippen molar-refractivity contribution in [3.63, 3.8) is 0 Å². The maximum Gasteiger partial charge on any atom is 0.136 e. The monoisotopic (exact) mass is 182 g/mol. The zero-order valence-electron chi connectivity index (χ0n) is 8.85.